The highest BCUT2D eigenvalue weighted by atomic mass is 32.2. The maximum absolute atomic E-state index is 12.1. The Morgan fingerprint density at radius 3 is 2.47 bits per heavy atom. The van der Waals surface area contributed by atoms with Crippen molar-refractivity contribution in [3.63, 3.8) is 0 Å². The molecule has 0 aromatic heterocycles. The van der Waals surface area contributed by atoms with Gasteiger partial charge in [0.25, 0.3) is 0 Å². The van der Waals surface area contributed by atoms with Crippen molar-refractivity contribution in [3.8, 4) is 0 Å². The van der Waals surface area contributed by atoms with Crippen LogP contribution < -0.4 is 10.5 Å². The Morgan fingerprint density at radius 1 is 1.29 bits per heavy atom. The lowest BCUT2D eigenvalue weighted by atomic mass is 10.2. The van der Waals surface area contributed by atoms with E-state index < -0.39 is 10.0 Å². The summed E-state index contributed by atoms with van der Waals surface area (Å²) in [6.45, 7) is 4.27. The molecule has 0 unspecified atom stereocenters. The standard InChI is InChI=1S/C12H20N2O2S/c1-3-11(4-2)14-17(15,16)12-7-5-6-10(8-12)9-13/h5-8,11,14H,3-4,9,13H2,1-2H3. The minimum Gasteiger partial charge on any atom is -0.326 e. The van der Waals surface area contributed by atoms with Crippen LogP contribution in [0.3, 0.4) is 0 Å². The van der Waals surface area contributed by atoms with Gasteiger partial charge in [-0.25, -0.2) is 13.1 Å². The number of benzene rings is 1. The van der Waals surface area contributed by atoms with Gasteiger partial charge in [-0.05, 0) is 30.5 Å². The van der Waals surface area contributed by atoms with E-state index in [1.807, 2.05) is 19.9 Å². The number of nitrogens with two attached hydrogens (primary N) is 1. The fraction of sp³-hybridized carbons (Fsp3) is 0.500. The molecule has 1 aromatic rings. The summed E-state index contributed by atoms with van der Waals surface area (Å²) in [5.41, 5.74) is 6.32. The molecule has 0 aliphatic heterocycles. The first-order valence-corrected chi connectivity index (χ1v) is 7.33. The predicted octanol–water partition coefficient (Wildman–Crippen LogP) is 1.61. The van der Waals surface area contributed by atoms with Crippen LogP contribution in [0.5, 0.6) is 0 Å². The van der Waals surface area contributed by atoms with Crippen molar-refractivity contribution in [2.45, 2.75) is 44.2 Å². The molecule has 0 radical (unpaired) electrons. The van der Waals surface area contributed by atoms with Crippen molar-refractivity contribution in [1.82, 2.24) is 4.72 Å². The quantitative estimate of drug-likeness (QED) is 0.812. The number of hydrogen-bond acceptors (Lipinski definition) is 3. The van der Waals surface area contributed by atoms with E-state index in [4.69, 9.17) is 5.73 Å². The maximum atomic E-state index is 12.1. The molecule has 96 valence electrons. The molecule has 5 heteroatoms. The number of sulfonamides is 1. The molecule has 3 N–H and O–H groups in total. The van der Waals surface area contributed by atoms with Crippen LogP contribution in [-0.2, 0) is 16.6 Å². The molecule has 0 aliphatic rings. The first kappa shape index (κ1) is 14.2. The minimum atomic E-state index is -3.42. The summed E-state index contributed by atoms with van der Waals surface area (Å²) in [7, 11) is -3.42. The van der Waals surface area contributed by atoms with E-state index >= 15 is 0 Å². The van der Waals surface area contributed by atoms with Gasteiger partial charge in [-0.15, -0.1) is 0 Å². The van der Waals surface area contributed by atoms with Gasteiger partial charge in [0.2, 0.25) is 10.0 Å². The molecule has 0 aliphatic carbocycles. The van der Waals surface area contributed by atoms with E-state index in [2.05, 4.69) is 4.72 Å². The van der Waals surface area contributed by atoms with Crippen LogP contribution in [0.2, 0.25) is 0 Å². The zero-order valence-electron chi connectivity index (χ0n) is 10.3. The molecule has 4 nitrogen and oxygen atoms in total. The summed E-state index contributed by atoms with van der Waals surface area (Å²) in [4.78, 5) is 0.285. The lowest BCUT2D eigenvalue weighted by Crippen LogP contribution is -2.33. The Morgan fingerprint density at radius 2 is 1.94 bits per heavy atom. The number of nitrogens with one attached hydrogen (secondary N) is 1. The molecule has 1 rings (SSSR count). The molecule has 0 fully saturated rings. The Kier molecular flexibility index (Phi) is 5.11. The van der Waals surface area contributed by atoms with E-state index in [0.29, 0.717) is 6.54 Å². The van der Waals surface area contributed by atoms with Crippen molar-refractivity contribution in [2.24, 2.45) is 5.73 Å². The van der Waals surface area contributed by atoms with Gasteiger partial charge in [0, 0.05) is 12.6 Å². The van der Waals surface area contributed by atoms with Crippen molar-refractivity contribution in [3.05, 3.63) is 29.8 Å². The molecule has 0 heterocycles. The highest BCUT2D eigenvalue weighted by Crippen LogP contribution is 2.12. The van der Waals surface area contributed by atoms with Crippen molar-refractivity contribution in [2.75, 3.05) is 0 Å². The van der Waals surface area contributed by atoms with Gasteiger partial charge in [-0.3, -0.25) is 0 Å². The summed E-state index contributed by atoms with van der Waals surface area (Å²) < 4.78 is 26.8. The van der Waals surface area contributed by atoms with Gasteiger partial charge < -0.3 is 5.73 Å². The first-order chi connectivity index (χ1) is 8.03. The SMILES string of the molecule is CCC(CC)NS(=O)(=O)c1cccc(CN)c1. The molecule has 0 bridgehead atoms. The average Bonchev–Trinajstić information content (AvgIpc) is 2.36. The second kappa shape index (κ2) is 6.14. The second-order valence-corrected chi connectivity index (χ2v) is 5.70. The summed E-state index contributed by atoms with van der Waals surface area (Å²) in [6.07, 6.45) is 1.57. The van der Waals surface area contributed by atoms with E-state index in [-0.39, 0.29) is 10.9 Å². The van der Waals surface area contributed by atoms with Gasteiger partial charge >= 0.3 is 0 Å². The van der Waals surface area contributed by atoms with E-state index in [0.717, 1.165) is 18.4 Å². The van der Waals surface area contributed by atoms with Crippen molar-refractivity contribution in [1.29, 1.82) is 0 Å². The van der Waals surface area contributed by atoms with Crippen LogP contribution in [0.4, 0.5) is 0 Å². The third-order valence-electron chi connectivity index (χ3n) is 2.75. The van der Waals surface area contributed by atoms with Gasteiger partial charge in [-0.1, -0.05) is 26.0 Å². The Bertz CT molecular complexity index is 453. The van der Waals surface area contributed by atoms with Crippen LogP contribution in [0.15, 0.2) is 29.2 Å². The lowest BCUT2D eigenvalue weighted by Gasteiger charge is -2.15. The largest absolute Gasteiger partial charge is 0.326 e. The monoisotopic (exact) mass is 256 g/mol. The Hall–Kier alpha value is -0.910. The number of hydrogen-bond donors (Lipinski definition) is 2. The summed E-state index contributed by atoms with van der Waals surface area (Å²) >= 11 is 0. The van der Waals surface area contributed by atoms with Gasteiger partial charge in [0.1, 0.15) is 0 Å². The van der Waals surface area contributed by atoms with Crippen molar-refractivity contribution >= 4 is 10.0 Å². The third-order valence-corrected chi connectivity index (χ3v) is 4.27. The Labute approximate surface area is 103 Å². The smallest absolute Gasteiger partial charge is 0.240 e. The zero-order valence-corrected chi connectivity index (χ0v) is 11.1. The van der Waals surface area contributed by atoms with Crippen LogP contribution in [0.1, 0.15) is 32.3 Å². The summed E-state index contributed by atoms with van der Waals surface area (Å²) in [5.74, 6) is 0. The van der Waals surface area contributed by atoms with Gasteiger partial charge in [0.15, 0.2) is 0 Å². The van der Waals surface area contributed by atoms with Crippen molar-refractivity contribution < 1.29 is 8.42 Å². The van der Waals surface area contributed by atoms with E-state index in [9.17, 15) is 8.42 Å². The first-order valence-electron chi connectivity index (χ1n) is 5.84. The summed E-state index contributed by atoms with van der Waals surface area (Å²) in [6, 6.07) is 6.72. The molecular weight excluding hydrogens is 236 g/mol. The van der Waals surface area contributed by atoms with Crippen LogP contribution in [-0.4, -0.2) is 14.5 Å². The molecule has 1 aromatic carbocycles. The molecule has 0 spiro atoms. The fourth-order valence-electron chi connectivity index (χ4n) is 1.58. The molecule has 17 heavy (non-hydrogen) atoms. The average molecular weight is 256 g/mol. The Balaban J connectivity index is 2.96. The number of rotatable bonds is 6. The van der Waals surface area contributed by atoms with Crippen LogP contribution >= 0.6 is 0 Å². The molecule has 0 saturated heterocycles. The topological polar surface area (TPSA) is 72.2 Å². The minimum absolute atomic E-state index is 0.0125. The zero-order chi connectivity index (χ0) is 12.9. The molecule has 0 amide bonds. The molecule has 0 saturated carbocycles. The lowest BCUT2D eigenvalue weighted by molar-refractivity contribution is 0.530. The maximum Gasteiger partial charge on any atom is 0.240 e. The van der Waals surface area contributed by atoms with Crippen LogP contribution in [0.25, 0.3) is 0 Å². The highest BCUT2D eigenvalue weighted by Gasteiger charge is 2.17. The fourth-order valence-corrected chi connectivity index (χ4v) is 3.05. The normalized spacial score (nSPS) is 12.0. The highest BCUT2D eigenvalue weighted by molar-refractivity contribution is 7.89. The van der Waals surface area contributed by atoms with Crippen LogP contribution in [0, 0.1) is 0 Å². The second-order valence-electron chi connectivity index (χ2n) is 3.99. The van der Waals surface area contributed by atoms with E-state index in [1.54, 1.807) is 18.2 Å². The van der Waals surface area contributed by atoms with E-state index in [1.165, 1.54) is 0 Å². The predicted molar refractivity (Wildman–Crippen MR) is 69.0 cm³/mol. The summed E-state index contributed by atoms with van der Waals surface area (Å²) in [5, 5.41) is 0. The van der Waals surface area contributed by atoms with Gasteiger partial charge in [0.05, 0.1) is 4.90 Å². The van der Waals surface area contributed by atoms with Gasteiger partial charge in [-0.2, -0.15) is 0 Å². The third kappa shape index (κ3) is 3.80. The molecule has 0 atom stereocenters. The molecular formula is C12H20N2O2S.